The van der Waals surface area contributed by atoms with Crippen LogP contribution in [0.25, 0.3) is 0 Å². The van der Waals surface area contributed by atoms with E-state index in [1.807, 2.05) is 6.92 Å². The molecule has 4 rings (SSSR count). The quantitative estimate of drug-likeness (QED) is 0.142. The zero-order valence-corrected chi connectivity index (χ0v) is 22.2. The number of hydrogen-bond donors (Lipinski definition) is 2. The zero-order chi connectivity index (χ0) is 27.8. The number of methoxy groups -OCH3 is 1. The Bertz CT molecular complexity index is 1460. The monoisotopic (exact) mass is 546 g/mol. The second-order valence-corrected chi connectivity index (χ2v) is 9.54. The molecule has 0 saturated heterocycles. The minimum atomic E-state index is -0.977. The molecule has 3 aromatic rings. The summed E-state index contributed by atoms with van der Waals surface area (Å²) >= 11 is 1.34. The van der Waals surface area contributed by atoms with Crippen LogP contribution in [0.4, 0.5) is 5.00 Å². The second-order valence-electron chi connectivity index (χ2n) is 8.44. The van der Waals surface area contributed by atoms with Crippen LogP contribution in [-0.2, 0) is 22.4 Å². The third kappa shape index (κ3) is 6.61. The average molecular weight is 547 g/mol. The van der Waals surface area contributed by atoms with Gasteiger partial charge in [0.25, 0.3) is 0 Å². The molecule has 200 valence electrons. The molecule has 10 nitrogen and oxygen atoms in total. The highest BCUT2D eigenvalue weighted by atomic mass is 32.1. The number of amides is 2. The Labute approximate surface area is 229 Å². The van der Waals surface area contributed by atoms with E-state index in [0.29, 0.717) is 34.0 Å². The number of carbonyl (C=O) groups excluding carboxylic acids is 3. The third-order valence-corrected chi connectivity index (χ3v) is 7.09. The number of hydrogen-bond acceptors (Lipinski definition) is 9. The van der Waals surface area contributed by atoms with Crippen LogP contribution in [0.3, 0.4) is 0 Å². The number of anilines is 1. The lowest BCUT2D eigenvalue weighted by molar-refractivity contribution is -0.136. The lowest BCUT2D eigenvalue weighted by Gasteiger charge is -2.10. The molecular formula is C28H26N4O6S. The van der Waals surface area contributed by atoms with Gasteiger partial charge < -0.3 is 19.5 Å². The van der Waals surface area contributed by atoms with Crippen molar-refractivity contribution in [1.82, 2.24) is 5.43 Å². The number of carbonyl (C=O) groups is 3. The maximum absolute atomic E-state index is 12.5. The molecule has 0 aliphatic heterocycles. The van der Waals surface area contributed by atoms with Crippen molar-refractivity contribution in [2.24, 2.45) is 5.10 Å². The SMILES string of the molecule is CCOc1ccc(C(=O)Oc2ccc(/C=N\NC(=O)C(=O)Nc3sc4c(c3C#N)CCCC4)cc2OC)cc1. The van der Waals surface area contributed by atoms with E-state index in [2.05, 4.69) is 21.9 Å². The molecule has 2 N–H and O–H groups in total. The Balaban J connectivity index is 1.35. The number of rotatable bonds is 8. The molecule has 1 heterocycles. The van der Waals surface area contributed by atoms with Gasteiger partial charge in [-0.15, -0.1) is 11.3 Å². The topological polar surface area (TPSA) is 139 Å². The summed E-state index contributed by atoms with van der Waals surface area (Å²) in [5, 5.41) is 16.3. The predicted octanol–water partition coefficient (Wildman–Crippen LogP) is 4.21. The van der Waals surface area contributed by atoms with E-state index in [9.17, 15) is 19.6 Å². The molecular weight excluding hydrogens is 520 g/mol. The van der Waals surface area contributed by atoms with Gasteiger partial charge in [0, 0.05) is 4.88 Å². The van der Waals surface area contributed by atoms with E-state index in [1.54, 1.807) is 36.4 Å². The molecule has 1 aliphatic rings. The molecule has 11 heteroatoms. The Hall–Kier alpha value is -4.69. The van der Waals surface area contributed by atoms with Crippen molar-refractivity contribution in [3.05, 3.63) is 69.6 Å². The van der Waals surface area contributed by atoms with E-state index < -0.39 is 17.8 Å². The van der Waals surface area contributed by atoms with Gasteiger partial charge in [-0.05, 0) is 86.2 Å². The van der Waals surface area contributed by atoms with Crippen molar-refractivity contribution in [2.45, 2.75) is 32.6 Å². The molecule has 0 unspecified atom stereocenters. The summed E-state index contributed by atoms with van der Waals surface area (Å²) in [5.74, 6) is -1.35. The average Bonchev–Trinajstić information content (AvgIpc) is 3.30. The third-order valence-electron chi connectivity index (χ3n) is 5.89. The van der Waals surface area contributed by atoms with Gasteiger partial charge in [0.2, 0.25) is 0 Å². The minimum absolute atomic E-state index is 0.198. The minimum Gasteiger partial charge on any atom is -0.494 e. The van der Waals surface area contributed by atoms with Gasteiger partial charge in [-0.2, -0.15) is 10.4 Å². The lowest BCUT2D eigenvalue weighted by Crippen LogP contribution is -2.32. The predicted molar refractivity (Wildman–Crippen MR) is 146 cm³/mol. The highest BCUT2D eigenvalue weighted by Gasteiger charge is 2.23. The number of nitrogens with one attached hydrogen (secondary N) is 2. The molecule has 2 amide bonds. The van der Waals surface area contributed by atoms with Crippen LogP contribution in [0.5, 0.6) is 17.2 Å². The molecule has 0 fully saturated rings. The summed E-state index contributed by atoms with van der Waals surface area (Å²) in [6, 6.07) is 13.4. The van der Waals surface area contributed by atoms with Crippen LogP contribution in [0.2, 0.25) is 0 Å². The van der Waals surface area contributed by atoms with Gasteiger partial charge in [0.1, 0.15) is 16.8 Å². The van der Waals surface area contributed by atoms with Gasteiger partial charge in [-0.1, -0.05) is 0 Å². The van der Waals surface area contributed by atoms with Crippen LogP contribution < -0.4 is 25.0 Å². The number of fused-ring (bicyclic) bond motifs is 1. The van der Waals surface area contributed by atoms with Gasteiger partial charge in [-0.3, -0.25) is 9.59 Å². The molecule has 0 saturated carbocycles. The number of thiophene rings is 1. The van der Waals surface area contributed by atoms with E-state index in [1.165, 1.54) is 30.7 Å². The summed E-state index contributed by atoms with van der Waals surface area (Å²) in [4.78, 5) is 38.2. The van der Waals surface area contributed by atoms with Crippen LogP contribution >= 0.6 is 11.3 Å². The van der Waals surface area contributed by atoms with Crippen molar-refractivity contribution in [3.8, 4) is 23.3 Å². The standard InChI is InChI=1S/C28H26N4O6S/c1-3-37-19-11-9-18(10-12-19)28(35)38-22-13-8-17(14-23(22)36-2)16-30-32-26(34)25(33)31-27-21(15-29)20-6-4-5-7-24(20)39-27/h8-14,16H,3-7H2,1-2H3,(H,31,33)(H,32,34)/b30-16-. The number of ether oxygens (including phenoxy) is 3. The summed E-state index contributed by atoms with van der Waals surface area (Å²) in [7, 11) is 1.43. The molecule has 0 bridgehead atoms. The Morgan fingerprint density at radius 1 is 1.08 bits per heavy atom. The van der Waals surface area contributed by atoms with Crippen molar-refractivity contribution in [3.63, 3.8) is 0 Å². The van der Waals surface area contributed by atoms with Gasteiger partial charge in [0.15, 0.2) is 11.5 Å². The lowest BCUT2D eigenvalue weighted by atomic mass is 9.96. The molecule has 1 aromatic heterocycles. The van der Waals surface area contributed by atoms with Crippen LogP contribution in [0.1, 0.15) is 51.7 Å². The van der Waals surface area contributed by atoms with E-state index in [0.717, 1.165) is 36.1 Å². The van der Waals surface area contributed by atoms with Crippen LogP contribution in [-0.4, -0.2) is 37.7 Å². The van der Waals surface area contributed by atoms with Gasteiger partial charge >= 0.3 is 17.8 Å². The van der Waals surface area contributed by atoms with Crippen LogP contribution in [0, 0.1) is 11.3 Å². The Morgan fingerprint density at radius 2 is 1.85 bits per heavy atom. The fourth-order valence-electron chi connectivity index (χ4n) is 4.01. The number of nitrogens with zero attached hydrogens (tertiary/aromatic N) is 2. The number of hydrazone groups is 1. The molecule has 2 aromatic carbocycles. The van der Waals surface area contributed by atoms with Crippen molar-refractivity contribution < 1.29 is 28.6 Å². The first-order chi connectivity index (χ1) is 18.9. The van der Waals surface area contributed by atoms with E-state index in [4.69, 9.17) is 14.2 Å². The van der Waals surface area contributed by atoms with Crippen molar-refractivity contribution >= 4 is 40.3 Å². The normalized spacial score (nSPS) is 12.2. The van der Waals surface area contributed by atoms with Crippen LogP contribution in [0.15, 0.2) is 47.6 Å². The largest absolute Gasteiger partial charge is 0.494 e. The van der Waals surface area contributed by atoms with Gasteiger partial charge in [0.05, 0.1) is 31.1 Å². The highest BCUT2D eigenvalue weighted by molar-refractivity contribution is 7.16. The fourth-order valence-corrected chi connectivity index (χ4v) is 5.24. The summed E-state index contributed by atoms with van der Waals surface area (Å²) in [5.41, 5.74) is 4.43. The maximum Gasteiger partial charge on any atom is 0.343 e. The van der Waals surface area contributed by atoms with E-state index >= 15 is 0 Å². The number of benzene rings is 2. The smallest absolute Gasteiger partial charge is 0.343 e. The molecule has 0 radical (unpaired) electrons. The molecule has 0 atom stereocenters. The highest BCUT2D eigenvalue weighted by Crippen LogP contribution is 2.37. The number of nitriles is 1. The van der Waals surface area contributed by atoms with Crippen molar-refractivity contribution in [1.29, 1.82) is 5.26 Å². The summed E-state index contributed by atoms with van der Waals surface area (Å²) in [6.45, 7) is 2.39. The molecule has 1 aliphatic carbocycles. The second kappa shape index (κ2) is 12.7. The summed E-state index contributed by atoms with van der Waals surface area (Å²) < 4.78 is 16.2. The maximum atomic E-state index is 12.5. The molecule has 0 spiro atoms. The van der Waals surface area contributed by atoms with Gasteiger partial charge in [-0.25, -0.2) is 10.2 Å². The first kappa shape index (κ1) is 27.3. The fraction of sp³-hybridized carbons (Fsp3) is 0.250. The first-order valence-electron chi connectivity index (χ1n) is 12.3. The Kier molecular flexibility index (Phi) is 8.91. The number of aryl methyl sites for hydroxylation is 1. The zero-order valence-electron chi connectivity index (χ0n) is 21.4. The Morgan fingerprint density at radius 3 is 2.56 bits per heavy atom. The van der Waals surface area contributed by atoms with E-state index in [-0.39, 0.29) is 11.5 Å². The summed E-state index contributed by atoms with van der Waals surface area (Å²) in [6.07, 6.45) is 5.01. The number of esters is 1. The molecule has 39 heavy (non-hydrogen) atoms. The van der Waals surface area contributed by atoms with Crippen molar-refractivity contribution in [2.75, 3.05) is 19.0 Å². The first-order valence-corrected chi connectivity index (χ1v) is 13.1.